The van der Waals surface area contributed by atoms with Crippen molar-refractivity contribution >= 4 is 11.6 Å². The molecule has 1 heterocycles. The summed E-state index contributed by atoms with van der Waals surface area (Å²) in [5.41, 5.74) is 6.13. The lowest BCUT2D eigenvalue weighted by Crippen LogP contribution is -2.26. The second kappa shape index (κ2) is 5.54. The lowest BCUT2D eigenvalue weighted by molar-refractivity contribution is 0.0115. The van der Waals surface area contributed by atoms with Crippen molar-refractivity contribution in [2.24, 2.45) is 5.73 Å². The summed E-state index contributed by atoms with van der Waals surface area (Å²) in [6, 6.07) is 10.5. The predicted molar refractivity (Wildman–Crippen MR) is 69.2 cm³/mol. The fraction of sp³-hybridized carbons (Fsp3) is 0.231. The Morgan fingerprint density at radius 3 is 2.39 bits per heavy atom. The summed E-state index contributed by atoms with van der Waals surface area (Å²) in [6.45, 7) is -0.0296. The minimum atomic E-state index is -1.11. The molecule has 0 amide bonds. The molecule has 0 bridgehead atoms. The minimum Gasteiger partial charge on any atom is -0.458 e. The zero-order chi connectivity index (χ0) is 13.1. The first-order valence-electron chi connectivity index (χ1n) is 5.53. The van der Waals surface area contributed by atoms with Crippen LogP contribution in [-0.4, -0.2) is 22.9 Å². The summed E-state index contributed by atoms with van der Waals surface area (Å²) in [5, 5.41) is 19.8. The van der Waals surface area contributed by atoms with E-state index in [1.54, 1.807) is 24.3 Å². The topological polar surface area (TPSA) is 79.6 Å². The van der Waals surface area contributed by atoms with E-state index in [-0.39, 0.29) is 12.3 Å². The molecule has 2 atom stereocenters. The maximum atomic E-state index is 9.75. The average molecular weight is 268 g/mol. The standard InChI is InChI=1S/C13H14ClNO3/c14-9-3-1-8(2-4-9)11-5-6-12(18-11)13(17)10(16)7-15/h1-6,10,13,16-17H,7,15H2. The number of aliphatic hydroxyl groups excluding tert-OH is 2. The van der Waals surface area contributed by atoms with Gasteiger partial charge in [-0.05, 0) is 36.4 Å². The lowest BCUT2D eigenvalue weighted by Gasteiger charge is -2.13. The molecule has 4 nitrogen and oxygen atoms in total. The maximum absolute atomic E-state index is 9.75. The summed E-state index contributed by atoms with van der Waals surface area (Å²) < 4.78 is 5.49. The normalized spacial score (nSPS) is 14.4. The van der Waals surface area contributed by atoms with E-state index in [4.69, 9.17) is 21.8 Å². The van der Waals surface area contributed by atoms with Crippen LogP contribution in [0.15, 0.2) is 40.8 Å². The molecule has 0 aliphatic rings. The first kappa shape index (κ1) is 13.1. The molecule has 2 unspecified atom stereocenters. The molecule has 0 aliphatic heterocycles. The van der Waals surface area contributed by atoms with Crippen LogP contribution in [0.4, 0.5) is 0 Å². The second-order valence-corrected chi connectivity index (χ2v) is 4.39. The molecule has 4 N–H and O–H groups in total. The highest BCUT2D eigenvalue weighted by Gasteiger charge is 2.20. The van der Waals surface area contributed by atoms with Crippen molar-refractivity contribution in [3.05, 3.63) is 47.2 Å². The van der Waals surface area contributed by atoms with E-state index in [9.17, 15) is 10.2 Å². The Kier molecular flexibility index (Phi) is 4.04. The van der Waals surface area contributed by atoms with Gasteiger partial charge in [0.1, 0.15) is 17.6 Å². The number of hydrogen-bond acceptors (Lipinski definition) is 4. The quantitative estimate of drug-likeness (QED) is 0.791. The average Bonchev–Trinajstić information content (AvgIpc) is 2.87. The van der Waals surface area contributed by atoms with Gasteiger partial charge in [0, 0.05) is 17.1 Å². The van der Waals surface area contributed by atoms with E-state index < -0.39 is 12.2 Å². The van der Waals surface area contributed by atoms with E-state index in [1.165, 1.54) is 0 Å². The monoisotopic (exact) mass is 267 g/mol. The molecule has 2 rings (SSSR count). The van der Waals surface area contributed by atoms with Crippen LogP contribution in [-0.2, 0) is 0 Å². The zero-order valence-corrected chi connectivity index (χ0v) is 10.3. The van der Waals surface area contributed by atoms with E-state index in [2.05, 4.69) is 0 Å². The Hall–Kier alpha value is -1.33. The maximum Gasteiger partial charge on any atom is 0.139 e. The van der Waals surface area contributed by atoms with Gasteiger partial charge < -0.3 is 20.4 Å². The fourth-order valence-electron chi connectivity index (χ4n) is 1.60. The summed E-state index contributed by atoms with van der Waals surface area (Å²) in [6.07, 6.45) is -2.15. The van der Waals surface area contributed by atoms with Crippen molar-refractivity contribution in [2.75, 3.05) is 6.54 Å². The van der Waals surface area contributed by atoms with E-state index >= 15 is 0 Å². The van der Waals surface area contributed by atoms with Gasteiger partial charge in [0.15, 0.2) is 0 Å². The molecule has 1 aromatic heterocycles. The summed E-state index contributed by atoms with van der Waals surface area (Å²) in [7, 11) is 0. The van der Waals surface area contributed by atoms with Crippen molar-refractivity contribution in [1.82, 2.24) is 0 Å². The molecule has 96 valence electrons. The Bertz CT molecular complexity index is 509. The minimum absolute atomic E-state index is 0.0296. The predicted octanol–water partition coefficient (Wildman–Crippen LogP) is 1.95. The molecule has 0 saturated heterocycles. The molecule has 0 radical (unpaired) electrons. The number of furan rings is 1. The van der Waals surface area contributed by atoms with Crippen molar-refractivity contribution in [3.8, 4) is 11.3 Å². The smallest absolute Gasteiger partial charge is 0.139 e. The molecule has 0 aliphatic carbocycles. The van der Waals surface area contributed by atoms with Crippen molar-refractivity contribution in [1.29, 1.82) is 0 Å². The third-order valence-corrected chi connectivity index (χ3v) is 2.90. The van der Waals surface area contributed by atoms with Crippen molar-refractivity contribution < 1.29 is 14.6 Å². The van der Waals surface area contributed by atoms with Gasteiger partial charge in [0.2, 0.25) is 0 Å². The largest absolute Gasteiger partial charge is 0.458 e. The number of halogens is 1. The number of hydrogen-bond donors (Lipinski definition) is 3. The van der Waals surface area contributed by atoms with Crippen molar-refractivity contribution in [2.45, 2.75) is 12.2 Å². The van der Waals surface area contributed by atoms with Crippen LogP contribution in [0.2, 0.25) is 5.02 Å². The summed E-state index contributed by atoms with van der Waals surface area (Å²) in [4.78, 5) is 0. The first-order valence-corrected chi connectivity index (χ1v) is 5.91. The van der Waals surface area contributed by atoms with Gasteiger partial charge in [-0.1, -0.05) is 11.6 Å². The van der Waals surface area contributed by atoms with Crippen molar-refractivity contribution in [3.63, 3.8) is 0 Å². The van der Waals surface area contributed by atoms with Gasteiger partial charge in [0.25, 0.3) is 0 Å². The van der Waals surface area contributed by atoms with Crippen LogP contribution in [0.3, 0.4) is 0 Å². The van der Waals surface area contributed by atoms with E-state index in [1.807, 2.05) is 12.1 Å². The van der Waals surface area contributed by atoms with Crippen LogP contribution >= 0.6 is 11.6 Å². The Morgan fingerprint density at radius 1 is 1.11 bits per heavy atom. The third-order valence-electron chi connectivity index (χ3n) is 2.65. The Morgan fingerprint density at radius 2 is 1.78 bits per heavy atom. The van der Waals surface area contributed by atoms with Gasteiger partial charge in [-0.15, -0.1) is 0 Å². The van der Waals surface area contributed by atoms with Crippen LogP contribution in [0.25, 0.3) is 11.3 Å². The Labute approximate surface area is 110 Å². The fourth-order valence-corrected chi connectivity index (χ4v) is 1.73. The molecule has 2 aromatic rings. The molecule has 18 heavy (non-hydrogen) atoms. The SMILES string of the molecule is NCC(O)C(O)c1ccc(-c2ccc(Cl)cc2)o1. The van der Waals surface area contributed by atoms with Gasteiger partial charge >= 0.3 is 0 Å². The van der Waals surface area contributed by atoms with Crippen LogP contribution in [0.1, 0.15) is 11.9 Å². The summed E-state index contributed by atoms with van der Waals surface area (Å²) >= 11 is 5.80. The molecule has 0 fully saturated rings. The molecule has 0 saturated carbocycles. The molecule has 1 aromatic carbocycles. The van der Waals surface area contributed by atoms with Crippen LogP contribution < -0.4 is 5.73 Å². The van der Waals surface area contributed by atoms with Gasteiger partial charge in [0.05, 0.1) is 6.10 Å². The highest BCUT2D eigenvalue weighted by molar-refractivity contribution is 6.30. The number of aliphatic hydroxyl groups is 2. The second-order valence-electron chi connectivity index (χ2n) is 3.96. The molecular weight excluding hydrogens is 254 g/mol. The first-order chi connectivity index (χ1) is 8.61. The third kappa shape index (κ3) is 2.73. The zero-order valence-electron chi connectivity index (χ0n) is 9.58. The van der Waals surface area contributed by atoms with Crippen LogP contribution in [0.5, 0.6) is 0 Å². The number of nitrogens with two attached hydrogens (primary N) is 1. The lowest BCUT2D eigenvalue weighted by atomic mass is 10.1. The van der Waals surface area contributed by atoms with Gasteiger partial charge in [-0.3, -0.25) is 0 Å². The number of benzene rings is 1. The summed E-state index contributed by atoms with van der Waals surface area (Å²) in [5.74, 6) is 0.892. The van der Waals surface area contributed by atoms with Crippen LogP contribution in [0, 0.1) is 0 Å². The Balaban J connectivity index is 2.22. The number of rotatable bonds is 4. The van der Waals surface area contributed by atoms with Gasteiger partial charge in [-0.2, -0.15) is 0 Å². The van der Waals surface area contributed by atoms with E-state index in [0.717, 1.165) is 5.56 Å². The highest BCUT2D eigenvalue weighted by atomic mass is 35.5. The molecular formula is C13H14ClNO3. The van der Waals surface area contributed by atoms with Gasteiger partial charge in [-0.25, -0.2) is 0 Å². The molecule has 5 heteroatoms. The van der Waals surface area contributed by atoms with E-state index in [0.29, 0.717) is 10.8 Å². The molecule has 0 spiro atoms. The highest BCUT2D eigenvalue weighted by Crippen LogP contribution is 2.27.